The highest BCUT2D eigenvalue weighted by Gasteiger charge is 2.26. The first-order chi connectivity index (χ1) is 16.3. The topological polar surface area (TPSA) is 47.1 Å². The minimum atomic E-state index is -0.415. The quantitative estimate of drug-likeness (QED) is 0.582. The number of benzene rings is 2. The lowest BCUT2D eigenvalue weighted by atomic mass is 10.1. The third-order valence-corrected chi connectivity index (χ3v) is 6.95. The average molecular weight is 491 g/mol. The maximum Gasteiger partial charge on any atom is 0.236 e. The highest BCUT2D eigenvalue weighted by molar-refractivity contribution is 6.31. The second kappa shape index (κ2) is 10.8. The highest BCUT2D eigenvalue weighted by Crippen LogP contribution is 2.23. The summed E-state index contributed by atoms with van der Waals surface area (Å²) in [6.45, 7) is 7.28. The van der Waals surface area contributed by atoms with Crippen LogP contribution in [0.2, 0.25) is 5.02 Å². The predicted octanol–water partition coefficient (Wildman–Crippen LogP) is 3.29. The van der Waals surface area contributed by atoms with Gasteiger partial charge in [-0.3, -0.25) is 19.4 Å². The molecular weight excluding hydrogens is 462 g/mol. The average Bonchev–Trinajstić information content (AvgIpc) is 2.82. The summed E-state index contributed by atoms with van der Waals surface area (Å²) in [7, 11) is 0. The molecule has 0 saturated carbocycles. The molecule has 0 atom stereocenters. The van der Waals surface area contributed by atoms with Gasteiger partial charge in [0.25, 0.3) is 0 Å². The van der Waals surface area contributed by atoms with E-state index in [0.29, 0.717) is 61.1 Å². The maximum absolute atomic E-state index is 14.5. The van der Waals surface area contributed by atoms with Crippen molar-refractivity contribution < 1.29 is 18.4 Å². The first-order valence-corrected chi connectivity index (χ1v) is 11.9. The van der Waals surface area contributed by atoms with Crippen LogP contribution in [-0.4, -0.2) is 85.3 Å². The minimum Gasteiger partial charge on any atom is -0.366 e. The van der Waals surface area contributed by atoms with Crippen LogP contribution in [0.15, 0.2) is 36.4 Å². The number of amides is 1. The lowest BCUT2D eigenvalue weighted by Gasteiger charge is -2.38. The van der Waals surface area contributed by atoms with E-state index >= 15 is 0 Å². The third kappa shape index (κ3) is 5.74. The molecule has 0 N–H and O–H groups in total. The fourth-order valence-electron chi connectivity index (χ4n) is 4.48. The van der Waals surface area contributed by atoms with Gasteiger partial charge in [-0.05, 0) is 37.3 Å². The van der Waals surface area contributed by atoms with Crippen molar-refractivity contribution in [2.45, 2.75) is 13.5 Å². The summed E-state index contributed by atoms with van der Waals surface area (Å²) in [6.07, 6.45) is 0. The Labute approximate surface area is 203 Å². The molecule has 2 saturated heterocycles. The molecule has 2 heterocycles. The van der Waals surface area contributed by atoms with Gasteiger partial charge in [0.2, 0.25) is 5.91 Å². The molecule has 2 aliphatic rings. The van der Waals surface area contributed by atoms with Crippen LogP contribution in [0.25, 0.3) is 0 Å². The number of Topliss-reactive ketones (excluding diaryl/α,β-unsaturated/α-hetero) is 1. The normalized spacial score (nSPS) is 17.8. The molecule has 2 fully saturated rings. The van der Waals surface area contributed by atoms with Gasteiger partial charge in [-0.1, -0.05) is 17.7 Å². The van der Waals surface area contributed by atoms with Gasteiger partial charge >= 0.3 is 0 Å². The number of nitrogens with zero attached hydrogens (tertiary/aromatic N) is 4. The first kappa shape index (κ1) is 24.6. The summed E-state index contributed by atoms with van der Waals surface area (Å²) in [5, 5.41) is 0.437. The molecule has 0 unspecified atom stereocenters. The van der Waals surface area contributed by atoms with Crippen LogP contribution in [0.5, 0.6) is 0 Å². The van der Waals surface area contributed by atoms with Crippen LogP contribution < -0.4 is 4.90 Å². The molecule has 1 amide bonds. The van der Waals surface area contributed by atoms with Crippen molar-refractivity contribution in [3.8, 4) is 0 Å². The number of carbonyl (C=O) groups excluding carboxylic acids is 2. The molecule has 2 aromatic carbocycles. The van der Waals surface area contributed by atoms with Gasteiger partial charge in [-0.15, -0.1) is 0 Å². The number of halogens is 3. The Bertz CT molecular complexity index is 1030. The maximum atomic E-state index is 14.5. The molecule has 9 heteroatoms. The Morgan fingerprint density at radius 3 is 2.18 bits per heavy atom. The van der Waals surface area contributed by atoms with Gasteiger partial charge in [0.05, 0.1) is 12.2 Å². The summed E-state index contributed by atoms with van der Waals surface area (Å²) in [6, 6.07) is 9.27. The highest BCUT2D eigenvalue weighted by atomic mass is 35.5. The van der Waals surface area contributed by atoms with E-state index in [1.165, 1.54) is 19.1 Å². The number of anilines is 1. The Balaban J connectivity index is 1.23. The van der Waals surface area contributed by atoms with E-state index in [0.717, 1.165) is 26.2 Å². The third-order valence-electron chi connectivity index (χ3n) is 6.59. The molecular formula is C25H29ClF2N4O2. The predicted molar refractivity (Wildman–Crippen MR) is 128 cm³/mol. The molecule has 6 nitrogen and oxygen atoms in total. The van der Waals surface area contributed by atoms with Gasteiger partial charge in [0, 0.05) is 75.1 Å². The summed E-state index contributed by atoms with van der Waals surface area (Å²) in [5.74, 6) is -0.809. The standard InChI is InChI=1S/C25H29ClF2N4O2/c1-18(33)19-5-6-24(23(28)15-19)31-11-13-32(14-12-31)25(34)17-30-9-7-29(8-10-30)16-20-21(26)3-2-4-22(20)27/h2-6,15H,7-14,16-17H2,1H3. The number of piperazine rings is 2. The SMILES string of the molecule is CC(=O)c1ccc(N2CCN(C(=O)CN3CCN(Cc4c(F)cccc4Cl)CC3)CC2)c(F)c1. The van der Waals surface area contributed by atoms with Crippen LogP contribution in [0.1, 0.15) is 22.8 Å². The fraction of sp³-hybridized carbons (Fsp3) is 0.440. The van der Waals surface area contributed by atoms with E-state index in [1.807, 2.05) is 9.80 Å². The zero-order valence-corrected chi connectivity index (χ0v) is 20.0. The largest absolute Gasteiger partial charge is 0.366 e. The van der Waals surface area contributed by atoms with Crippen molar-refractivity contribution in [1.29, 1.82) is 0 Å². The number of ketones is 1. The first-order valence-electron chi connectivity index (χ1n) is 11.5. The summed E-state index contributed by atoms with van der Waals surface area (Å²) < 4.78 is 28.5. The molecule has 2 aromatic rings. The molecule has 182 valence electrons. The van der Waals surface area contributed by atoms with Gasteiger partial charge in [-0.2, -0.15) is 0 Å². The van der Waals surface area contributed by atoms with Crippen molar-refractivity contribution in [2.24, 2.45) is 0 Å². The molecule has 0 bridgehead atoms. The van der Waals surface area contributed by atoms with Crippen LogP contribution >= 0.6 is 11.6 Å². The smallest absolute Gasteiger partial charge is 0.236 e. The summed E-state index contributed by atoms with van der Waals surface area (Å²) >= 11 is 6.14. The van der Waals surface area contributed by atoms with Crippen molar-refractivity contribution in [2.75, 3.05) is 63.8 Å². The lowest BCUT2D eigenvalue weighted by Crippen LogP contribution is -2.53. The molecule has 34 heavy (non-hydrogen) atoms. The van der Waals surface area contributed by atoms with Gasteiger partial charge in [0.15, 0.2) is 5.78 Å². The number of hydrogen-bond acceptors (Lipinski definition) is 5. The van der Waals surface area contributed by atoms with Crippen molar-refractivity contribution in [3.63, 3.8) is 0 Å². The van der Waals surface area contributed by atoms with Crippen LogP contribution in [0, 0.1) is 11.6 Å². The van der Waals surface area contributed by atoms with Crippen molar-refractivity contribution in [3.05, 3.63) is 64.2 Å². The van der Waals surface area contributed by atoms with E-state index in [9.17, 15) is 18.4 Å². The molecule has 0 radical (unpaired) electrons. The monoisotopic (exact) mass is 490 g/mol. The Morgan fingerprint density at radius 2 is 1.56 bits per heavy atom. The second-order valence-corrected chi connectivity index (χ2v) is 9.25. The zero-order chi connectivity index (χ0) is 24.2. The summed E-state index contributed by atoms with van der Waals surface area (Å²) in [4.78, 5) is 32.3. The number of carbonyl (C=O) groups is 2. The van der Waals surface area contributed by atoms with Crippen LogP contribution in [0.4, 0.5) is 14.5 Å². The molecule has 0 aliphatic carbocycles. The minimum absolute atomic E-state index is 0.0673. The fourth-order valence-corrected chi connectivity index (χ4v) is 4.71. The molecule has 0 spiro atoms. The van der Waals surface area contributed by atoms with Crippen molar-refractivity contribution >= 4 is 29.0 Å². The van der Waals surface area contributed by atoms with Gasteiger partial charge in [-0.25, -0.2) is 8.78 Å². The molecule has 2 aliphatic heterocycles. The molecule has 0 aromatic heterocycles. The Kier molecular flexibility index (Phi) is 7.80. The number of hydrogen-bond donors (Lipinski definition) is 0. The lowest BCUT2D eigenvalue weighted by molar-refractivity contribution is -0.133. The van der Waals surface area contributed by atoms with Gasteiger partial charge in [0.1, 0.15) is 11.6 Å². The van der Waals surface area contributed by atoms with E-state index in [-0.39, 0.29) is 17.5 Å². The van der Waals surface area contributed by atoms with E-state index in [2.05, 4.69) is 9.80 Å². The van der Waals surface area contributed by atoms with Crippen LogP contribution in [0.3, 0.4) is 0 Å². The zero-order valence-electron chi connectivity index (χ0n) is 19.3. The Morgan fingerprint density at radius 1 is 0.882 bits per heavy atom. The van der Waals surface area contributed by atoms with E-state index in [1.54, 1.807) is 24.3 Å². The van der Waals surface area contributed by atoms with Crippen molar-refractivity contribution in [1.82, 2.24) is 14.7 Å². The second-order valence-electron chi connectivity index (χ2n) is 8.84. The summed E-state index contributed by atoms with van der Waals surface area (Å²) in [5.41, 5.74) is 1.33. The van der Waals surface area contributed by atoms with E-state index in [4.69, 9.17) is 11.6 Å². The number of rotatable bonds is 6. The Hall–Kier alpha value is -2.55. The van der Waals surface area contributed by atoms with Gasteiger partial charge < -0.3 is 9.80 Å². The molecule has 4 rings (SSSR count). The van der Waals surface area contributed by atoms with E-state index < -0.39 is 5.82 Å². The van der Waals surface area contributed by atoms with Crippen LogP contribution in [-0.2, 0) is 11.3 Å².